The lowest BCUT2D eigenvalue weighted by molar-refractivity contribution is -0.124. The van der Waals surface area contributed by atoms with Gasteiger partial charge in [0.1, 0.15) is 0 Å². The first-order chi connectivity index (χ1) is 9.23. The van der Waals surface area contributed by atoms with Crippen molar-refractivity contribution < 1.29 is 14.3 Å². The molecule has 0 aliphatic carbocycles. The van der Waals surface area contributed by atoms with Gasteiger partial charge in [-0.2, -0.15) is 0 Å². The summed E-state index contributed by atoms with van der Waals surface area (Å²) in [6.45, 7) is 8.62. The number of carbonyl (C=O) groups excluding carboxylic acids is 1. The molecule has 5 heteroatoms. The topological polar surface area (TPSA) is 73.6 Å². The highest BCUT2D eigenvalue weighted by Gasteiger charge is 2.15. The van der Waals surface area contributed by atoms with E-state index >= 15 is 0 Å². The minimum atomic E-state index is -0.699. The first-order valence-electron chi connectivity index (χ1n) is 6.61. The first kappa shape index (κ1) is 16.3. The summed E-state index contributed by atoms with van der Waals surface area (Å²) >= 11 is 0. The second-order valence-corrected chi connectivity index (χ2v) is 5.75. The monoisotopic (exact) mass is 280 g/mol. The molecule has 5 nitrogen and oxygen atoms in total. The normalized spacial score (nSPS) is 12.8. The smallest absolute Gasteiger partial charge is 0.258 e. The van der Waals surface area contributed by atoms with Gasteiger partial charge in [0.15, 0.2) is 17.6 Å². The molecule has 1 atom stereocenters. The number of hydrogen-bond donors (Lipinski definition) is 2. The van der Waals surface area contributed by atoms with E-state index in [4.69, 9.17) is 15.2 Å². The van der Waals surface area contributed by atoms with Crippen LogP contribution in [0.4, 0.5) is 0 Å². The number of rotatable bonds is 6. The Morgan fingerprint density at radius 1 is 1.35 bits per heavy atom. The molecule has 0 saturated heterocycles. The van der Waals surface area contributed by atoms with E-state index in [-0.39, 0.29) is 5.54 Å². The molecule has 0 heterocycles. The van der Waals surface area contributed by atoms with Gasteiger partial charge in [-0.05, 0) is 45.4 Å². The van der Waals surface area contributed by atoms with E-state index in [1.807, 2.05) is 18.2 Å². The van der Waals surface area contributed by atoms with Crippen molar-refractivity contribution in [2.24, 2.45) is 5.73 Å². The zero-order chi connectivity index (χ0) is 15.3. The maximum atomic E-state index is 11.1. The summed E-state index contributed by atoms with van der Waals surface area (Å²) in [5.41, 5.74) is 6.29. The summed E-state index contributed by atoms with van der Waals surface area (Å²) in [5.74, 6) is 0.592. The number of nitrogens with two attached hydrogens (primary N) is 1. The van der Waals surface area contributed by atoms with Gasteiger partial charge < -0.3 is 20.5 Å². The molecule has 1 aromatic carbocycles. The van der Waals surface area contributed by atoms with Gasteiger partial charge in [-0.3, -0.25) is 4.79 Å². The molecule has 0 aliphatic heterocycles. The van der Waals surface area contributed by atoms with Crippen molar-refractivity contribution >= 4 is 5.91 Å². The largest absolute Gasteiger partial charge is 0.493 e. The molecule has 0 aromatic heterocycles. The SMILES string of the molecule is COc1ccc(CNC(C)(C)C)cc1OC(C)C(N)=O. The van der Waals surface area contributed by atoms with Gasteiger partial charge >= 0.3 is 0 Å². The van der Waals surface area contributed by atoms with Gasteiger partial charge in [-0.15, -0.1) is 0 Å². The average Bonchev–Trinajstić information content (AvgIpc) is 2.35. The molecule has 0 bridgehead atoms. The molecule has 0 spiro atoms. The summed E-state index contributed by atoms with van der Waals surface area (Å²) in [6.07, 6.45) is -0.699. The quantitative estimate of drug-likeness (QED) is 0.834. The summed E-state index contributed by atoms with van der Waals surface area (Å²) < 4.78 is 10.8. The van der Waals surface area contributed by atoms with E-state index in [0.29, 0.717) is 18.0 Å². The van der Waals surface area contributed by atoms with Crippen LogP contribution in [0.5, 0.6) is 11.5 Å². The van der Waals surface area contributed by atoms with Crippen LogP contribution in [0.1, 0.15) is 33.3 Å². The molecule has 0 fully saturated rings. The van der Waals surface area contributed by atoms with Gasteiger partial charge in [0.2, 0.25) is 0 Å². The molecule has 0 aliphatic rings. The van der Waals surface area contributed by atoms with Gasteiger partial charge in [-0.1, -0.05) is 6.07 Å². The zero-order valence-corrected chi connectivity index (χ0v) is 12.8. The van der Waals surface area contributed by atoms with Crippen molar-refractivity contribution in [2.75, 3.05) is 7.11 Å². The molecule has 0 saturated carbocycles. The second-order valence-electron chi connectivity index (χ2n) is 5.75. The molecule has 1 rings (SSSR count). The number of nitrogens with one attached hydrogen (secondary N) is 1. The fourth-order valence-electron chi connectivity index (χ4n) is 1.54. The molecule has 1 aromatic rings. The van der Waals surface area contributed by atoms with Crippen LogP contribution in [-0.4, -0.2) is 24.7 Å². The standard InChI is InChI=1S/C15H24N2O3/c1-10(14(16)18)20-13-8-11(6-7-12(13)19-5)9-17-15(2,3)4/h6-8,10,17H,9H2,1-5H3,(H2,16,18). The average molecular weight is 280 g/mol. The van der Waals surface area contributed by atoms with E-state index in [1.54, 1.807) is 14.0 Å². The first-order valence-corrected chi connectivity index (χ1v) is 6.61. The molecule has 3 N–H and O–H groups in total. The number of ether oxygens (including phenoxy) is 2. The lowest BCUT2D eigenvalue weighted by Gasteiger charge is -2.21. The summed E-state index contributed by atoms with van der Waals surface area (Å²) in [7, 11) is 1.56. The van der Waals surface area contributed by atoms with Crippen LogP contribution in [0.3, 0.4) is 0 Å². The number of methoxy groups -OCH3 is 1. The Morgan fingerprint density at radius 2 is 2.00 bits per heavy atom. The number of benzene rings is 1. The Labute approximate surface area is 120 Å². The fourth-order valence-corrected chi connectivity index (χ4v) is 1.54. The third-order valence-electron chi connectivity index (χ3n) is 2.76. The van der Waals surface area contributed by atoms with Crippen LogP contribution in [0.25, 0.3) is 0 Å². The Balaban J connectivity index is 2.88. The zero-order valence-electron chi connectivity index (χ0n) is 12.8. The summed E-state index contributed by atoms with van der Waals surface area (Å²) in [4.78, 5) is 11.1. The lowest BCUT2D eigenvalue weighted by Crippen LogP contribution is -2.35. The van der Waals surface area contributed by atoms with E-state index < -0.39 is 12.0 Å². The lowest BCUT2D eigenvalue weighted by atomic mass is 10.1. The van der Waals surface area contributed by atoms with Crippen molar-refractivity contribution in [3.63, 3.8) is 0 Å². The van der Waals surface area contributed by atoms with E-state index in [9.17, 15) is 4.79 Å². The van der Waals surface area contributed by atoms with Crippen LogP contribution < -0.4 is 20.5 Å². The van der Waals surface area contributed by atoms with E-state index in [2.05, 4.69) is 26.1 Å². The third kappa shape index (κ3) is 5.09. The van der Waals surface area contributed by atoms with Crippen LogP contribution in [0.15, 0.2) is 18.2 Å². The second kappa shape index (κ2) is 6.61. The third-order valence-corrected chi connectivity index (χ3v) is 2.76. The molecule has 0 radical (unpaired) electrons. The van der Waals surface area contributed by atoms with Crippen LogP contribution in [0.2, 0.25) is 0 Å². The minimum absolute atomic E-state index is 0.0292. The minimum Gasteiger partial charge on any atom is -0.493 e. The molecular weight excluding hydrogens is 256 g/mol. The Kier molecular flexibility index (Phi) is 5.39. The van der Waals surface area contributed by atoms with Crippen molar-refractivity contribution in [1.82, 2.24) is 5.32 Å². The Morgan fingerprint density at radius 3 is 2.50 bits per heavy atom. The van der Waals surface area contributed by atoms with Crippen molar-refractivity contribution in [1.29, 1.82) is 0 Å². The molecule has 1 unspecified atom stereocenters. The summed E-state index contributed by atoms with van der Waals surface area (Å²) in [5, 5.41) is 3.39. The molecule has 20 heavy (non-hydrogen) atoms. The van der Waals surface area contributed by atoms with Gasteiger partial charge in [0, 0.05) is 12.1 Å². The van der Waals surface area contributed by atoms with Crippen molar-refractivity contribution in [2.45, 2.75) is 45.9 Å². The predicted molar refractivity (Wildman–Crippen MR) is 78.9 cm³/mol. The Bertz CT molecular complexity index is 467. The fraction of sp³-hybridized carbons (Fsp3) is 0.533. The van der Waals surface area contributed by atoms with Gasteiger partial charge in [0.25, 0.3) is 5.91 Å². The van der Waals surface area contributed by atoms with Crippen molar-refractivity contribution in [3.8, 4) is 11.5 Å². The van der Waals surface area contributed by atoms with E-state index in [0.717, 1.165) is 5.56 Å². The summed E-state index contributed by atoms with van der Waals surface area (Å²) in [6, 6.07) is 5.64. The maximum absolute atomic E-state index is 11.1. The molecular formula is C15H24N2O3. The highest BCUT2D eigenvalue weighted by atomic mass is 16.5. The van der Waals surface area contributed by atoms with Crippen LogP contribution in [-0.2, 0) is 11.3 Å². The number of carbonyl (C=O) groups is 1. The highest BCUT2D eigenvalue weighted by Crippen LogP contribution is 2.29. The molecule has 112 valence electrons. The van der Waals surface area contributed by atoms with Gasteiger partial charge in [0.05, 0.1) is 7.11 Å². The number of amides is 1. The Hall–Kier alpha value is -1.75. The maximum Gasteiger partial charge on any atom is 0.258 e. The van der Waals surface area contributed by atoms with Crippen molar-refractivity contribution in [3.05, 3.63) is 23.8 Å². The highest BCUT2D eigenvalue weighted by molar-refractivity contribution is 5.78. The van der Waals surface area contributed by atoms with Crippen LogP contribution in [0, 0.1) is 0 Å². The number of hydrogen-bond acceptors (Lipinski definition) is 4. The predicted octanol–water partition coefficient (Wildman–Crippen LogP) is 1.84. The number of primary amides is 1. The van der Waals surface area contributed by atoms with Crippen LogP contribution >= 0.6 is 0 Å². The molecule has 1 amide bonds. The van der Waals surface area contributed by atoms with E-state index in [1.165, 1.54) is 0 Å². The van der Waals surface area contributed by atoms with Gasteiger partial charge in [-0.25, -0.2) is 0 Å².